The van der Waals surface area contributed by atoms with Crippen molar-refractivity contribution < 1.29 is 28.0 Å². The Balaban J connectivity index is 2.01. The van der Waals surface area contributed by atoms with Crippen molar-refractivity contribution in [3.05, 3.63) is 0 Å². The molecule has 0 aromatic heterocycles. The Kier molecular flexibility index (Phi) is 9.58. The third kappa shape index (κ3) is 7.56. The average molecular weight is 449 g/mol. The zero-order valence-corrected chi connectivity index (χ0v) is 18.0. The summed E-state index contributed by atoms with van der Waals surface area (Å²) in [5.41, 5.74) is 0.378. The first-order chi connectivity index (χ1) is 14.3. The van der Waals surface area contributed by atoms with E-state index in [1.807, 2.05) is 6.21 Å². The topological polar surface area (TPSA) is 170 Å². The second-order valence-electron chi connectivity index (χ2n) is 7.32. The number of carboxylic acid groups (broad SMARTS) is 1. The van der Waals surface area contributed by atoms with Gasteiger partial charge in [0.05, 0.1) is 12.4 Å². The number of nitrogens with one attached hydrogen (secondary N) is 5. The van der Waals surface area contributed by atoms with Crippen LogP contribution in [0.5, 0.6) is 0 Å². The lowest BCUT2D eigenvalue weighted by Gasteiger charge is -2.32. The lowest BCUT2D eigenvalue weighted by molar-refractivity contribution is -0.149. The van der Waals surface area contributed by atoms with Crippen molar-refractivity contribution in [1.29, 1.82) is 0 Å². The number of unbranched alkanes of at least 4 members (excludes halogenated alkanes) is 1. The minimum absolute atomic E-state index is 0.104. The second kappa shape index (κ2) is 11.7. The molecule has 1 saturated heterocycles. The van der Waals surface area contributed by atoms with Gasteiger partial charge in [0.15, 0.2) is 6.29 Å². The summed E-state index contributed by atoms with van der Waals surface area (Å²) in [6, 6.07) is -0.740. The molecule has 0 saturated carbocycles. The van der Waals surface area contributed by atoms with Gasteiger partial charge in [0, 0.05) is 12.8 Å². The lowest BCUT2D eigenvalue weighted by Crippen LogP contribution is -2.67. The maximum absolute atomic E-state index is 12.5. The van der Waals surface area contributed by atoms with Gasteiger partial charge in [0.2, 0.25) is 21.6 Å². The zero-order chi connectivity index (χ0) is 22.0. The van der Waals surface area contributed by atoms with Gasteiger partial charge in [-0.3, -0.25) is 20.4 Å². The number of amides is 1. The SMILES string of the molecule is CCCS(=O)(=O)NC(CCCCNC1N=CCCN1)(NC(=O)C1CCON1)C(=O)O. The standard InChI is InChI=1S/C17H32N6O6S/c1-2-12-30(27,28)23-17(15(25)26,21-14(24)13-6-11-29-22-13)7-3-4-8-18-16-19-9-5-10-20-16/h9,13,16,18,20,22-23H,2-8,10-12H2,1H3,(H,21,24)(H,25,26). The smallest absolute Gasteiger partial charge is 0.345 e. The van der Waals surface area contributed by atoms with Crippen LogP contribution in [0.4, 0.5) is 0 Å². The van der Waals surface area contributed by atoms with Gasteiger partial charge in [0.1, 0.15) is 6.04 Å². The molecule has 13 heteroatoms. The van der Waals surface area contributed by atoms with Gasteiger partial charge in [0.25, 0.3) is 0 Å². The maximum Gasteiger partial charge on any atom is 0.345 e. The number of hydrogen-bond acceptors (Lipinski definition) is 9. The highest BCUT2D eigenvalue weighted by Gasteiger charge is 2.44. The van der Waals surface area contributed by atoms with Crippen molar-refractivity contribution in [3.8, 4) is 0 Å². The van der Waals surface area contributed by atoms with Gasteiger partial charge >= 0.3 is 5.97 Å². The molecule has 2 aliphatic rings. The molecule has 1 amide bonds. The van der Waals surface area contributed by atoms with Crippen LogP contribution in [0.1, 0.15) is 45.4 Å². The summed E-state index contributed by atoms with van der Waals surface area (Å²) in [6.45, 7) is 3.36. The monoisotopic (exact) mass is 448 g/mol. The number of hydroxylamine groups is 1. The minimum Gasteiger partial charge on any atom is -0.478 e. The molecule has 30 heavy (non-hydrogen) atoms. The lowest BCUT2D eigenvalue weighted by atomic mass is 10.0. The highest BCUT2D eigenvalue weighted by molar-refractivity contribution is 7.89. The van der Waals surface area contributed by atoms with E-state index in [9.17, 15) is 23.1 Å². The van der Waals surface area contributed by atoms with E-state index in [-0.39, 0.29) is 18.5 Å². The number of aliphatic imine (C=N–C) groups is 1. The first kappa shape index (κ1) is 24.6. The van der Waals surface area contributed by atoms with Crippen LogP contribution in [-0.4, -0.2) is 75.1 Å². The van der Waals surface area contributed by atoms with E-state index in [0.717, 1.165) is 13.0 Å². The molecular formula is C17H32N6O6S. The normalized spacial score (nSPS) is 23.8. The van der Waals surface area contributed by atoms with Gasteiger partial charge in [-0.2, -0.15) is 10.2 Å². The summed E-state index contributed by atoms with van der Waals surface area (Å²) < 4.78 is 26.9. The van der Waals surface area contributed by atoms with Crippen LogP contribution in [0.3, 0.4) is 0 Å². The second-order valence-corrected chi connectivity index (χ2v) is 9.16. The van der Waals surface area contributed by atoms with Crippen molar-refractivity contribution in [2.75, 3.05) is 25.4 Å². The molecule has 12 nitrogen and oxygen atoms in total. The summed E-state index contributed by atoms with van der Waals surface area (Å²) in [5, 5.41) is 18.6. The molecule has 0 aromatic rings. The molecule has 0 spiro atoms. The summed E-state index contributed by atoms with van der Waals surface area (Å²) >= 11 is 0. The Labute approximate surface area is 176 Å². The Morgan fingerprint density at radius 3 is 2.77 bits per heavy atom. The molecular weight excluding hydrogens is 416 g/mol. The third-order valence-corrected chi connectivity index (χ3v) is 6.34. The zero-order valence-electron chi connectivity index (χ0n) is 17.1. The average Bonchev–Trinajstić information content (AvgIpc) is 3.23. The molecule has 0 aromatic carbocycles. The fraction of sp³-hybridized carbons (Fsp3) is 0.824. The quantitative estimate of drug-likeness (QED) is 0.147. The van der Waals surface area contributed by atoms with E-state index in [1.54, 1.807) is 6.92 Å². The van der Waals surface area contributed by atoms with E-state index in [2.05, 4.69) is 31.1 Å². The third-order valence-electron chi connectivity index (χ3n) is 4.74. The largest absolute Gasteiger partial charge is 0.478 e. The van der Waals surface area contributed by atoms with Crippen LogP contribution < -0.4 is 26.2 Å². The van der Waals surface area contributed by atoms with E-state index < -0.39 is 33.6 Å². The number of carboxylic acids is 1. The number of aliphatic carboxylic acids is 1. The van der Waals surface area contributed by atoms with Gasteiger partial charge in [-0.25, -0.2) is 13.2 Å². The fourth-order valence-electron chi connectivity index (χ4n) is 3.20. The number of rotatable bonds is 13. The Bertz CT molecular complexity index is 712. The van der Waals surface area contributed by atoms with Gasteiger partial charge in [-0.05, 0) is 45.1 Å². The van der Waals surface area contributed by atoms with Crippen molar-refractivity contribution in [3.63, 3.8) is 0 Å². The van der Waals surface area contributed by atoms with Crippen LogP contribution in [0, 0.1) is 0 Å². The van der Waals surface area contributed by atoms with Gasteiger partial charge in [-0.1, -0.05) is 6.92 Å². The van der Waals surface area contributed by atoms with Crippen LogP contribution >= 0.6 is 0 Å². The molecule has 0 aliphatic carbocycles. The molecule has 6 N–H and O–H groups in total. The molecule has 1 fully saturated rings. The van der Waals surface area contributed by atoms with E-state index in [4.69, 9.17) is 4.84 Å². The first-order valence-electron chi connectivity index (χ1n) is 10.2. The molecule has 172 valence electrons. The van der Waals surface area contributed by atoms with E-state index in [0.29, 0.717) is 38.8 Å². The molecule has 0 radical (unpaired) electrons. The van der Waals surface area contributed by atoms with Crippen LogP contribution in [0.2, 0.25) is 0 Å². The fourth-order valence-corrected chi connectivity index (χ4v) is 4.61. The predicted molar refractivity (Wildman–Crippen MR) is 110 cm³/mol. The van der Waals surface area contributed by atoms with Crippen molar-refractivity contribution in [2.24, 2.45) is 4.99 Å². The Morgan fingerprint density at radius 2 is 2.17 bits per heavy atom. The summed E-state index contributed by atoms with van der Waals surface area (Å²) in [4.78, 5) is 33.8. The molecule has 2 aliphatic heterocycles. The number of carbonyl (C=O) groups excluding carboxylic acids is 1. The highest BCUT2D eigenvalue weighted by Crippen LogP contribution is 2.16. The first-order valence-corrected chi connectivity index (χ1v) is 11.9. The van der Waals surface area contributed by atoms with E-state index in [1.165, 1.54) is 0 Å². The molecule has 2 heterocycles. The van der Waals surface area contributed by atoms with E-state index >= 15 is 0 Å². The molecule has 2 rings (SSSR count). The van der Waals surface area contributed by atoms with Crippen LogP contribution in [0.15, 0.2) is 4.99 Å². The number of carbonyl (C=O) groups is 2. The Morgan fingerprint density at radius 1 is 1.37 bits per heavy atom. The number of sulfonamides is 1. The summed E-state index contributed by atoms with van der Waals surface area (Å²) in [5.74, 6) is -2.33. The maximum atomic E-state index is 12.5. The van der Waals surface area contributed by atoms with Crippen LogP contribution in [-0.2, 0) is 24.4 Å². The van der Waals surface area contributed by atoms with Crippen molar-refractivity contribution in [2.45, 2.75) is 63.4 Å². The summed E-state index contributed by atoms with van der Waals surface area (Å²) in [6.07, 6.45) is 4.03. The molecule has 3 atom stereocenters. The molecule has 3 unspecified atom stereocenters. The predicted octanol–water partition coefficient (Wildman–Crippen LogP) is -1.39. The van der Waals surface area contributed by atoms with Crippen molar-refractivity contribution in [1.82, 2.24) is 26.2 Å². The molecule has 0 bridgehead atoms. The minimum atomic E-state index is -3.91. The van der Waals surface area contributed by atoms with Crippen molar-refractivity contribution >= 4 is 28.1 Å². The van der Waals surface area contributed by atoms with Crippen LogP contribution in [0.25, 0.3) is 0 Å². The highest BCUT2D eigenvalue weighted by atomic mass is 32.2. The van der Waals surface area contributed by atoms with Gasteiger partial charge in [-0.15, -0.1) is 0 Å². The number of hydrogen-bond donors (Lipinski definition) is 6. The Hall–Kier alpha value is -1.64. The summed E-state index contributed by atoms with van der Waals surface area (Å²) in [7, 11) is -3.91. The number of nitrogens with zero attached hydrogens (tertiary/aromatic N) is 1. The van der Waals surface area contributed by atoms with Gasteiger partial charge < -0.3 is 15.3 Å².